The van der Waals surface area contributed by atoms with E-state index in [9.17, 15) is 9.90 Å². The first-order chi connectivity index (χ1) is 11.0. The molecule has 0 fully saturated rings. The number of hydrogen-bond acceptors (Lipinski definition) is 3. The van der Waals surface area contributed by atoms with Gasteiger partial charge in [0.05, 0.1) is 0 Å². The van der Waals surface area contributed by atoms with E-state index >= 15 is 0 Å². The fourth-order valence-electron chi connectivity index (χ4n) is 1.97. The SMILES string of the molecule is CC(NC(=O)NCCc1ccc(Br)cc1)Oc1ccc(O)cc1. The summed E-state index contributed by atoms with van der Waals surface area (Å²) in [5.74, 6) is 0.745. The van der Waals surface area contributed by atoms with E-state index < -0.39 is 6.23 Å². The Balaban J connectivity index is 1.69. The van der Waals surface area contributed by atoms with E-state index in [0.29, 0.717) is 12.3 Å². The van der Waals surface area contributed by atoms with Crippen LogP contribution in [0.1, 0.15) is 12.5 Å². The van der Waals surface area contributed by atoms with Crippen LogP contribution in [0.15, 0.2) is 53.0 Å². The molecule has 2 rings (SSSR count). The smallest absolute Gasteiger partial charge is 0.317 e. The van der Waals surface area contributed by atoms with Gasteiger partial charge >= 0.3 is 6.03 Å². The quantitative estimate of drug-likeness (QED) is 0.674. The van der Waals surface area contributed by atoms with Crippen LogP contribution in [0.4, 0.5) is 4.79 Å². The fraction of sp³-hybridized carbons (Fsp3) is 0.235. The molecule has 0 radical (unpaired) electrons. The number of urea groups is 1. The molecule has 0 aliphatic carbocycles. The van der Waals surface area contributed by atoms with E-state index in [0.717, 1.165) is 16.5 Å². The number of nitrogens with one attached hydrogen (secondary N) is 2. The Labute approximate surface area is 143 Å². The van der Waals surface area contributed by atoms with E-state index in [1.54, 1.807) is 19.1 Å². The van der Waals surface area contributed by atoms with Crippen LogP contribution in [-0.2, 0) is 6.42 Å². The second-order valence-electron chi connectivity index (χ2n) is 5.03. The molecule has 0 spiro atoms. The van der Waals surface area contributed by atoms with Crippen LogP contribution in [0.25, 0.3) is 0 Å². The molecule has 23 heavy (non-hydrogen) atoms. The van der Waals surface area contributed by atoms with Gasteiger partial charge in [0.25, 0.3) is 0 Å². The second-order valence-corrected chi connectivity index (χ2v) is 5.95. The van der Waals surface area contributed by atoms with Gasteiger partial charge in [-0.1, -0.05) is 28.1 Å². The third-order valence-electron chi connectivity index (χ3n) is 3.10. The van der Waals surface area contributed by atoms with Crippen molar-refractivity contribution in [1.29, 1.82) is 0 Å². The molecule has 0 saturated heterocycles. The summed E-state index contributed by atoms with van der Waals surface area (Å²) in [6, 6.07) is 14.0. The number of rotatable bonds is 6. The molecule has 5 nitrogen and oxygen atoms in total. The lowest BCUT2D eigenvalue weighted by molar-refractivity contribution is 0.177. The summed E-state index contributed by atoms with van der Waals surface area (Å²) in [5.41, 5.74) is 1.15. The van der Waals surface area contributed by atoms with Gasteiger partial charge in [0.2, 0.25) is 0 Å². The van der Waals surface area contributed by atoms with Crippen LogP contribution in [0.5, 0.6) is 11.5 Å². The number of aromatic hydroxyl groups is 1. The first-order valence-electron chi connectivity index (χ1n) is 7.27. The largest absolute Gasteiger partial charge is 0.508 e. The lowest BCUT2D eigenvalue weighted by atomic mass is 10.1. The molecule has 0 heterocycles. The number of carbonyl (C=O) groups is 1. The molecule has 0 aromatic heterocycles. The number of ether oxygens (including phenoxy) is 1. The molecule has 0 bridgehead atoms. The Hall–Kier alpha value is -2.21. The summed E-state index contributed by atoms with van der Waals surface area (Å²) in [6.45, 7) is 2.28. The third kappa shape index (κ3) is 6.20. The van der Waals surface area contributed by atoms with Gasteiger partial charge in [-0.25, -0.2) is 4.79 Å². The van der Waals surface area contributed by atoms with Gasteiger partial charge in [-0.05, 0) is 55.3 Å². The monoisotopic (exact) mass is 378 g/mol. The molecule has 0 aliphatic heterocycles. The number of phenols is 1. The third-order valence-corrected chi connectivity index (χ3v) is 3.63. The molecule has 1 atom stereocenters. The molecular formula is C17H19BrN2O3. The molecule has 0 aliphatic rings. The maximum absolute atomic E-state index is 11.8. The lowest BCUT2D eigenvalue weighted by Crippen LogP contribution is -2.43. The zero-order valence-corrected chi connectivity index (χ0v) is 14.3. The van der Waals surface area contributed by atoms with Gasteiger partial charge in [0.15, 0.2) is 6.23 Å². The van der Waals surface area contributed by atoms with Crippen LogP contribution < -0.4 is 15.4 Å². The fourth-order valence-corrected chi connectivity index (χ4v) is 2.23. The predicted molar refractivity (Wildman–Crippen MR) is 92.6 cm³/mol. The van der Waals surface area contributed by atoms with Gasteiger partial charge < -0.3 is 20.5 Å². The normalized spacial score (nSPS) is 11.6. The highest BCUT2D eigenvalue weighted by atomic mass is 79.9. The van der Waals surface area contributed by atoms with E-state index in [1.807, 2.05) is 24.3 Å². The molecule has 0 saturated carbocycles. The van der Waals surface area contributed by atoms with Crippen molar-refractivity contribution >= 4 is 22.0 Å². The standard InChI is InChI=1S/C17H19BrN2O3/c1-12(23-16-8-6-15(21)7-9-16)20-17(22)19-11-10-13-2-4-14(18)5-3-13/h2-9,12,21H,10-11H2,1H3,(H2,19,20,22). The summed E-state index contributed by atoms with van der Waals surface area (Å²) in [7, 11) is 0. The molecule has 2 amide bonds. The van der Waals surface area contributed by atoms with Gasteiger partial charge in [-0.3, -0.25) is 0 Å². The minimum Gasteiger partial charge on any atom is -0.508 e. The van der Waals surface area contributed by atoms with Crippen molar-refractivity contribution in [1.82, 2.24) is 10.6 Å². The Morgan fingerprint density at radius 1 is 1.17 bits per heavy atom. The Morgan fingerprint density at radius 2 is 1.83 bits per heavy atom. The van der Waals surface area contributed by atoms with Crippen LogP contribution >= 0.6 is 15.9 Å². The minimum atomic E-state index is -0.479. The van der Waals surface area contributed by atoms with E-state index in [1.165, 1.54) is 12.1 Å². The van der Waals surface area contributed by atoms with Crippen molar-refractivity contribution in [2.45, 2.75) is 19.6 Å². The van der Waals surface area contributed by atoms with Gasteiger partial charge in [0, 0.05) is 11.0 Å². The molecule has 1 unspecified atom stereocenters. The second kappa shape index (κ2) is 8.43. The number of amides is 2. The van der Waals surface area contributed by atoms with Crippen molar-refractivity contribution < 1.29 is 14.6 Å². The number of benzene rings is 2. The maximum atomic E-state index is 11.8. The summed E-state index contributed by atoms with van der Waals surface area (Å²) in [4.78, 5) is 11.8. The molecule has 6 heteroatoms. The summed E-state index contributed by atoms with van der Waals surface area (Å²) < 4.78 is 6.56. The highest BCUT2D eigenvalue weighted by Gasteiger charge is 2.08. The Bertz CT molecular complexity index is 629. The average Bonchev–Trinajstić information content (AvgIpc) is 2.51. The first kappa shape index (κ1) is 17.1. The molecular weight excluding hydrogens is 360 g/mol. The molecule has 3 N–H and O–H groups in total. The Morgan fingerprint density at radius 3 is 2.48 bits per heavy atom. The van der Waals surface area contributed by atoms with Crippen molar-refractivity contribution in [2.75, 3.05) is 6.54 Å². The van der Waals surface area contributed by atoms with Crippen molar-refractivity contribution in [2.24, 2.45) is 0 Å². The van der Waals surface area contributed by atoms with E-state index in [-0.39, 0.29) is 11.8 Å². The van der Waals surface area contributed by atoms with Gasteiger partial charge in [0.1, 0.15) is 11.5 Å². The predicted octanol–water partition coefficient (Wildman–Crippen LogP) is 3.42. The zero-order valence-electron chi connectivity index (χ0n) is 12.8. The summed E-state index contributed by atoms with van der Waals surface area (Å²) >= 11 is 3.39. The van der Waals surface area contributed by atoms with Crippen LogP contribution in [-0.4, -0.2) is 23.9 Å². The number of phenolic OH excluding ortho intramolecular Hbond substituents is 1. The molecule has 122 valence electrons. The summed E-state index contributed by atoms with van der Waals surface area (Å²) in [6.07, 6.45) is 0.278. The minimum absolute atomic E-state index is 0.170. The Kier molecular flexibility index (Phi) is 6.29. The van der Waals surface area contributed by atoms with Gasteiger partial charge in [-0.2, -0.15) is 0 Å². The van der Waals surface area contributed by atoms with Gasteiger partial charge in [-0.15, -0.1) is 0 Å². The van der Waals surface area contributed by atoms with Crippen molar-refractivity contribution in [3.63, 3.8) is 0 Å². The number of hydrogen-bond donors (Lipinski definition) is 3. The maximum Gasteiger partial charge on any atom is 0.317 e. The van der Waals surface area contributed by atoms with E-state index in [2.05, 4.69) is 26.6 Å². The topological polar surface area (TPSA) is 70.6 Å². The number of halogens is 1. The summed E-state index contributed by atoms with van der Waals surface area (Å²) in [5, 5.41) is 14.7. The van der Waals surface area contributed by atoms with E-state index in [4.69, 9.17) is 4.74 Å². The number of carbonyl (C=O) groups excluding carboxylic acids is 1. The highest BCUT2D eigenvalue weighted by Crippen LogP contribution is 2.16. The van der Waals surface area contributed by atoms with Crippen molar-refractivity contribution in [3.05, 3.63) is 58.6 Å². The molecule has 2 aromatic carbocycles. The van der Waals surface area contributed by atoms with Crippen molar-refractivity contribution in [3.8, 4) is 11.5 Å². The van der Waals surface area contributed by atoms with Crippen LogP contribution in [0.3, 0.4) is 0 Å². The highest BCUT2D eigenvalue weighted by molar-refractivity contribution is 9.10. The average molecular weight is 379 g/mol. The van der Waals surface area contributed by atoms with Crippen LogP contribution in [0.2, 0.25) is 0 Å². The van der Waals surface area contributed by atoms with Crippen LogP contribution in [0, 0.1) is 0 Å². The zero-order chi connectivity index (χ0) is 16.7. The first-order valence-corrected chi connectivity index (χ1v) is 8.07. The lowest BCUT2D eigenvalue weighted by Gasteiger charge is -2.16. The molecule has 2 aromatic rings.